The molecule has 2 aliphatic rings. The molecule has 0 aromatic rings. The Morgan fingerprint density at radius 1 is 0.600 bits per heavy atom. The Labute approximate surface area is 177 Å². The maximum Gasteiger partial charge on any atom is 0.550 e. The predicted molar refractivity (Wildman–Crippen MR) is 106 cm³/mol. The largest absolute Gasteiger partial charge is 0.550 e. The molecule has 2 rings (SSSR count). The summed E-state index contributed by atoms with van der Waals surface area (Å²) in [5.74, 6) is -0.674. The van der Waals surface area contributed by atoms with Crippen LogP contribution in [0.3, 0.4) is 0 Å². The highest BCUT2D eigenvalue weighted by atomic mass is 32.2. The second kappa shape index (κ2) is 11.7. The Bertz CT molecular complexity index is 697. The Kier molecular flexibility index (Phi) is 9.66. The van der Waals surface area contributed by atoms with E-state index in [0.29, 0.717) is 25.7 Å². The van der Waals surface area contributed by atoms with Gasteiger partial charge in [-0.05, 0) is 25.7 Å². The fourth-order valence-electron chi connectivity index (χ4n) is 3.78. The van der Waals surface area contributed by atoms with Gasteiger partial charge in [0.25, 0.3) is 0 Å². The van der Waals surface area contributed by atoms with Gasteiger partial charge in [-0.15, -0.1) is 0 Å². The lowest BCUT2D eigenvalue weighted by atomic mass is 10.0. The third-order valence-electron chi connectivity index (χ3n) is 5.47. The SMILES string of the molecule is O=C(OCCS(=O)(=O)C1CCCCC1)OOC(=O)OCCS(=O)(=O)C1CCCCC1. The zero-order valence-corrected chi connectivity index (χ0v) is 18.6. The van der Waals surface area contributed by atoms with Crippen LogP contribution < -0.4 is 0 Å². The number of rotatable bonds is 8. The zero-order valence-electron chi connectivity index (χ0n) is 17.0. The summed E-state index contributed by atoms with van der Waals surface area (Å²) in [4.78, 5) is 30.9. The molecule has 0 atom stereocenters. The van der Waals surface area contributed by atoms with Crippen molar-refractivity contribution in [3.63, 3.8) is 0 Å². The summed E-state index contributed by atoms with van der Waals surface area (Å²) in [6.45, 7) is -0.842. The molecule has 0 aromatic heterocycles. The average molecular weight is 471 g/mol. The van der Waals surface area contributed by atoms with E-state index < -0.39 is 55.7 Å². The Morgan fingerprint density at radius 2 is 0.933 bits per heavy atom. The van der Waals surface area contributed by atoms with Gasteiger partial charge < -0.3 is 9.47 Å². The van der Waals surface area contributed by atoms with Crippen molar-refractivity contribution in [1.82, 2.24) is 0 Å². The van der Waals surface area contributed by atoms with E-state index in [1.165, 1.54) is 0 Å². The van der Waals surface area contributed by atoms with Crippen molar-refractivity contribution in [3.8, 4) is 0 Å². The summed E-state index contributed by atoms with van der Waals surface area (Å²) in [5, 5.41) is -0.830. The van der Waals surface area contributed by atoms with Crippen molar-refractivity contribution >= 4 is 32.0 Å². The molecular weight excluding hydrogens is 440 g/mol. The van der Waals surface area contributed by atoms with Gasteiger partial charge in [-0.2, -0.15) is 19.4 Å². The molecule has 0 heterocycles. The van der Waals surface area contributed by atoms with E-state index in [1.807, 2.05) is 0 Å². The average Bonchev–Trinajstić information content (AvgIpc) is 2.73. The Hall–Kier alpha value is -1.56. The lowest BCUT2D eigenvalue weighted by Gasteiger charge is -2.21. The fourth-order valence-corrected chi connectivity index (χ4v) is 7.18. The van der Waals surface area contributed by atoms with Crippen molar-refractivity contribution in [3.05, 3.63) is 0 Å². The van der Waals surface area contributed by atoms with E-state index in [2.05, 4.69) is 19.2 Å². The van der Waals surface area contributed by atoms with Crippen molar-refractivity contribution in [2.24, 2.45) is 0 Å². The van der Waals surface area contributed by atoms with Crippen LogP contribution in [0.1, 0.15) is 64.2 Å². The van der Waals surface area contributed by atoms with Crippen LogP contribution in [0.4, 0.5) is 9.59 Å². The highest BCUT2D eigenvalue weighted by molar-refractivity contribution is 7.92. The molecule has 0 N–H and O–H groups in total. The molecule has 0 spiro atoms. The number of sulfone groups is 2. The second-order valence-corrected chi connectivity index (χ2v) is 12.4. The summed E-state index contributed by atoms with van der Waals surface area (Å²) in [5.41, 5.74) is 0. The van der Waals surface area contributed by atoms with Gasteiger partial charge in [-0.25, -0.2) is 16.8 Å². The number of carbonyl (C=O) groups is 2. The number of carbonyl (C=O) groups excluding carboxylic acids is 2. The Balaban J connectivity index is 1.58. The Morgan fingerprint density at radius 3 is 1.27 bits per heavy atom. The molecule has 0 aliphatic heterocycles. The van der Waals surface area contributed by atoms with E-state index >= 15 is 0 Å². The molecule has 2 fully saturated rings. The standard InChI is InChI=1S/C18H30O10S2/c19-17(25-11-13-29(21,22)15-7-3-1-4-8-15)27-28-18(20)26-12-14-30(23,24)16-9-5-2-6-10-16/h15-16H,1-14H2. The molecule has 30 heavy (non-hydrogen) atoms. The molecule has 0 saturated heterocycles. The van der Waals surface area contributed by atoms with Crippen molar-refractivity contribution in [1.29, 1.82) is 0 Å². The fraction of sp³-hybridized carbons (Fsp3) is 0.889. The molecule has 0 amide bonds. The van der Waals surface area contributed by atoms with Gasteiger partial charge in [0.2, 0.25) is 0 Å². The molecule has 2 aliphatic carbocycles. The highest BCUT2D eigenvalue weighted by Gasteiger charge is 2.28. The first-order chi connectivity index (χ1) is 14.2. The van der Waals surface area contributed by atoms with Crippen LogP contribution in [0.25, 0.3) is 0 Å². The minimum Gasteiger partial charge on any atom is -0.431 e. The first-order valence-electron chi connectivity index (χ1n) is 10.3. The molecule has 0 bridgehead atoms. The van der Waals surface area contributed by atoms with Crippen LogP contribution in [-0.4, -0.2) is 64.4 Å². The number of hydrogen-bond donors (Lipinski definition) is 0. The minimum atomic E-state index is -3.37. The van der Waals surface area contributed by atoms with Crippen molar-refractivity contribution < 1.29 is 45.7 Å². The molecule has 12 heteroatoms. The van der Waals surface area contributed by atoms with Gasteiger partial charge in [0.05, 0.1) is 22.0 Å². The third kappa shape index (κ3) is 8.29. The highest BCUT2D eigenvalue weighted by Crippen LogP contribution is 2.25. The first-order valence-corrected chi connectivity index (χ1v) is 13.7. The van der Waals surface area contributed by atoms with E-state index in [9.17, 15) is 26.4 Å². The molecule has 0 unspecified atom stereocenters. The lowest BCUT2D eigenvalue weighted by molar-refractivity contribution is -0.216. The van der Waals surface area contributed by atoms with E-state index in [1.54, 1.807) is 0 Å². The van der Waals surface area contributed by atoms with Crippen LogP contribution in [0.5, 0.6) is 0 Å². The molecule has 10 nitrogen and oxygen atoms in total. The van der Waals surface area contributed by atoms with Gasteiger partial charge in [0.15, 0.2) is 19.7 Å². The van der Waals surface area contributed by atoms with E-state index in [0.717, 1.165) is 38.5 Å². The molecule has 2 saturated carbocycles. The van der Waals surface area contributed by atoms with Crippen LogP contribution >= 0.6 is 0 Å². The quantitative estimate of drug-likeness (QED) is 0.295. The minimum absolute atomic E-state index is 0.337. The van der Waals surface area contributed by atoms with Crippen molar-refractivity contribution in [2.45, 2.75) is 74.7 Å². The maximum absolute atomic E-state index is 12.2. The zero-order chi connectivity index (χ0) is 22.0. The monoisotopic (exact) mass is 470 g/mol. The molecular formula is C18H30O10S2. The van der Waals surface area contributed by atoms with Gasteiger partial charge >= 0.3 is 12.3 Å². The maximum atomic E-state index is 12.2. The van der Waals surface area contributed by atoms with E-state index in [-0.39, 0.29) is 11.5 Å². The summed E-state index contributed by atoms with van der Waals surface area (Å²) >= 11 is 0. The van der Waals surface area contributed by atoms with Crippen LogP contribution in [0.2, 0.25) is 0 Å². The van der Waals surface area contributed by atoms with Crippen LogP contribution in [0, 0.1) is 0 Å². The summed E-state index contributed by atoms with van der Waals surface area (Å²) in [6.07, 6.45) is 5.17. The molecule has 174 valence electrons. The summed E-state index contributed by atoms with van der Waals surface area (Å²) in [7, 11) is -6.74. The lowest BCUT2D eigenvalue weighted by Crippen LogP contribution is -2.29. The number of ether oxygens (including phenoxy) is 2. The topological polar surface area (TPSA) is 139 Å². The number of hydrogen-bond acceptors (Lipinski definition) is 10. The molecule has 0 radical (unpaired) electrons. The van der Waals surface area contributed by atoms with Gasteiger partial charge in [0.1, 0.15) is 13.2 Å². The second-order valence-electron chi connectivity index (χ2n) is 7.62. The smallest absolute Gasteiger partial charge is 0.431 e. The first kappa shape index (κ1) is 24.7. The van der Waals surface area contributed by atoms with Gasteiger partial charge in [-0.1, -0.05) is 38.5 Å². The summed E-state index contributed by atoms with van der Waals surface area (Å²) in [6, 6.07) is 0. The predicted octanol–water partition coefficient (Wildman–Crippen LogP) is 2.70. The van der Waals surface area contributed by atoms with Gasteiger partial charge in [0, 0.05) is 0 Å². The van der Waals surface area contributed by atoms with Crippen LogP contribution in [-0.2, 0) is 38.9 Å². The van der Waals surface area contributed by atoms with E-state index in [4.69, 9.17) is 0 Å². The third-order valence-corrected chi connectivity index (χ3v) is 9.92. The molecule has 0 aromatic carbocycles. The normalized spacial score (nSPS) is 19.1. The van der Waals surface area contributed by atoms with Gasteiger partial charge in [-0.3, -0.25) is 0 Å². The van der Waals surface area contributed by atoms with Crippen LogP contribution in [0.15, 0.2) is 0 Å². The summed E-state index contributed by atoms with van der Waals surface area (Å²) < 4.78 is 57.8. The van der Waals surface area contributed by atoms with Crippen molar-refractivity contribution in [2.75, 3.05) is 24.7 Å².